The lowest BCUT2D eigenvalue weighted by molar-refractivity contribution is -0.136. The molecular weight excluding hydrogens is 248 g/mol. The van der Waals surface area contributed by atoms with E-state index in [1.807, 2.05) is 23.6 Å². The molecule has 0 aliphatic rings. The zero-order valence-corrected chi connectivity index (χ0v) is 10.2. The number of H-pyrrole nitrogens is 1. The fourth-order valence-corrected chi connectivity index (χ4v) is 2.98. The van der Waals surface area contributed by atoms with Gasteiger partial charge in [-0.25, -0.2) is 0 Å². The highest BCUT2D eigenvalue weighted by molar-refractivity contribution is 7.17. The molecule has 2 heterocycles. The van der Waals surface area contributed by atoms with Crippen molar-refractivity contribution >= 4 is 27.4 Å². The van der Waals surface area contributed by atoms with Gasteiger partial charge in [0.2, 0.25) is 0 Å². The van der Waals surface area contributed by atoms with Crippen LogP contribution in [-0.2, 0) is 11.2 Å². The number of hydrogen-bond donors (Lipinski definition) is 2. The molecule has 3 rings (SSSR count). The van der Waals surface area contributed by atoms with E-state index in [0.717, 1.165) is 16.5 Å². The van der Waals surface area contributed by atoms with Crippen molar-refractivity contribution in [3.63, 3.8) is 0 Å². The predicted molar refractivity (Wildman–Crippen MR) is 70.7 cm³/mol. The van der Waals surface area contributed by atoms with E-state index in [4.69, 9.17) is 5.11 Å². The number of nitrogens with one attached hydrogen (secondary N) is 1. The molecule has 0 bridgehead atoms. The van der Waals surface area contributed by atoms with Gasteiger partial charge in [-0.15, -0.1) is 11.3 Å². The second-order valence-corrected chi connectivity index (χ2v) is 4.89. The first kappa shape index (κ1) is 11.0. The molecule has 2 aromatic heterocycles. The summed E-state index contributed by atoms with van der Waals surface area (Å²) in [5.41, 5.74) is 2.56. The van der Waals surface area contributed by atoms with Crippen molar-refractivity contribution in [1.82, 2.24) is 10.2 Å². The lowest BCUT2D eigenvalue weighted by Crippen LogP contribution is -2.01. The van der Waals surface area contributed by atoms with Crippen LogP contribution in [0.25, 0.3) is 21.2 Å². The lowest BCUT2D eigenvalue weighted by Gasteiger charge is -1.99. The van der Waals surface area contributed by atoms with Gasteiger partial charge in [0.1, 0.15) is 0 Å². The number of aliphatic carboxylic acids is 1. The van der Waals surface area contributed by atoms with Crippen LogP contribution in [0.5, 0.6) is 0 Å². The Balaban J connectivity index is 2.15. The molecule has 0 unspecified atom stereocenters. The van der Waals surface area contributed by atoms with Crippen LogP contribution in [0.3, 0.4) is 0 Å². The van der Waals surface area contributed by atoms with Crippen LogP contribution in [-0.4, -0.2) is 21.3 Å². The minimum absolute atomic E-state index is 0.0422. The second-order valence-electron chi connectivity index (χ2n) is 3.98. The van der Waals surface area contributed by atoms with E-state index in [0.29, 0.717) is 5.69 Å². The van der Waals surface area contributed by atoms with Gasteiger partial charge in [0.15, 0.2) is 0 Å². The van der Waals surface area contributed by atoms with E-state index in [9.17, 15) is 4.79 Å². The van der Waals surface area contributed by atoms with Crippen LogP contribution in [0.2, 0.25) is 0 Å². The summed E-state index contributed by atoms with van der Waals surface area (Å²) >= 11 is 1.65. The molecule has 0 saturated heterocycles. The van der Waals surface area contributed by atoms with Crippen molar-refractivity contribution in [3.05, 3.63) is 41.5 Å². The van der Waals surface area contributed by atoms with Gasteiger partial charge in [-0.1, -0.05) is 18.2 Å². The van der Waals surface area contributed by atoms with Crippen LogP contribution < -0.4 is 0 Å². The Bertz CT molecular complexity index is 714. The summed E-state index contributed by atoms with van der Waals surface area (Å²) in [5, 5.41) is 18.8. The van der Waals surface area contributed by atoms with Gasteiger partial charge in [0.25, 0.3) is 0 Å². The number of fused-ring (bicyclic) bond motifs is 1. The van der Waals surface area contributed by atoms with Gasteiger partial charge in [0.05, 0.1) is 18.3 Å². The molecule has 5 heteroatoms. The van der Waals surface area contributed by atoms with E-state index >= 15 is 0 Å². The van der Waals surface area contributed by atoms with Crippen molar-refractivity contribution in [2.45, 2.75) is 6.42 Å². The normalized spacial score (nSPS) is 10.9. The average molecular weight is 258 g/mol. The fraction of sp³-hybridized carbons (Fsp3) is 0.0769. The topological polar surface area (TPSA) is 66.0 Å². The van der Waals surface area contributed by atoms with Crippen LogP contribution in [0, 0.1) is 0 Å². The quantitative estimate of drug-likeness (QED) is 0.759. The SMILES string of the molecule is O=C(O)Cc1[nH]ncc1-c1csc2ccccc12. The summed E-state index contributed by atoms with van der Waals surface area (Å²) in [4.78, 5) is 10.8. The van der Waals surface area contributed by atoms with E-state index in [-0.39, 0.29) is 6.42 Å². The number of carboxylic acid groups (broad SMARTS) is 1. The molecule has 0 aliphatic carbocycles. The van der Waals surface area contributed by atoms with E-state index in [1.165, 1.54) is 4.70 Å². The number of carboxylic acids is 1. The lowest BCUT2D eigenvalue weighted by atomic mass is 10.0. The molecule has 1 aromatic carbocycles. The Morgan fingerprint density at radius 1 is 1.33 bits per heavy atom. The molecular formula is C13H10N2O2S. The molecule has 4 nitrogen and oxygen atoms in total. The summed E-state index contributed by atoms with van der Waals surface area (Å²) in [7, 11) is 0. The standard InChI is InChI=1S/C13H10N2O2S/c16-13(17)5-11-9(6-14-15-11)10-7-18-12-4-2-1-3-8(10)12/h1-4,6-7H,5H2,(H,14,15)(H,16,17). The van der Waals surface area contributed by atoms with Gasteiger partial charge in [-0.05, 0) is 11.4 Å². The number of thiophene rings is 1. The van der Waals surface area contributed by atoms with Gasteiger partial charge < -0.3 is 5.11 Å². The van der Waals surface area contributed by atoms with Gasteiger partial charge >= 0.3 is 5.97 Å². The number of aromatic nitrogens is 2. The minimum Gasteiger partial charge on any atom is -0.481 e. The average Bonchev–Trinajstić information content (AvgIpc) is 2.94. The van der Waals surface area contributed by atoms with Crippen LogP contribution in [0.4, 0.5) is 0 Å². The Morgan fingerprint density at radius 3 is 3.00 bits per heavy atom. The molecule has 0 aliphatic heterocycles. The van der Waals surface area contributed by atoms with Crippen LogP contribution >= 0.6 is 11.3 Å². The molecule has 2 N–H and O–H groups in total. The van der Waals surface area contributed by atoms with Crippen molar-refractivity contribution in [2.24, 2.45) is 0 Å². The molecule has 0 amide bonds. The van der Waals surface area contributed by atoms with Crippen molar-refractivity contribution in [1.29, 1.82) is 0 Å². The summed E-state index contributed by atoms with van der Waals surface area (Å²) in [6, 6.07) is 8.07. The van der Waals surface area contributed by atoms with E-state index in [2.05, 4.69) is 16.3 Å². The predicted octanol–water partition coefficient (Wildman–Crippen LogP) is 2.92. The number of rotatable bonds is 3. The first-order valence-corrected chi connectivity index (χ1v) is 6.34. The number of hydrogen-bond acceptors (Lipinski definition) is 3. The maximum atomic E-state index is 10.8. The van der Waals surface area contributed by atoms with Gasteiger partial charge in [0, 0.05) is 21.2 Å². The number of aromatic amines is 1. The van der Waals surface area contributed by atoms with Crippen molar-refractivity contribution in [3.8, 4) is 11.1 Å². The zero-order chi connectivity index (χ0) is 12.5. The molecule has 0 spiro atoms. The van der Waals surface area contributed by atoms with Crippen LogP contribution in [0.1, 0.15) is 5.69 Å². The monoisotopic (exact) mass is 258 g/mol. The summed E-state index contributed by atoms with van der Waals surface area (Å²) in [6.45, 7) is 0. The molecule has 0 fully saturated rings. The molecule has 0 saturated carbocycles. The number of nitrogens with zero attached hydrogens (tertiary/aromatic N) is 1. The molecule has 0 radical (unpaired) electrons. The highest BCUT2D eigenvalue weighted by Crippen LogP contribution is 2.34. The Kier molecular flexibility index (Phi) is 2.60. The molecule has 3 aromatic rings. The van der Waals surface area contributed by atoms with Crippen LogP contribution in [0.15, 0.2) is 35.8 Å². The first-order chi connectivity index (χ1) is 8.75. The number of benzene rings is 1. The summed E-state index contributed by atoms with van der Waals surface area (Å²) < 4.78 is 1.19. The van der Waals surface area contributed by atoms with E-state index < -0.39 is 5.97 Å². The largest absolute Gasteiger partial charge is 0.481 e. The number of carbonyl (C=O) groups is 1. The Morgan fingerprint density at radius 2 is 2.17 bits per heavy atom. The zero-order valence-electron chi connectivity index (χ0n) is 9.38. The maximum absolute atomic E-state index is 10.8. The third-order valence-electron chi connectivity index (χ3n) is 2.82. The third-order valence-corrected chi connectivity index (χ3v) is 3.78. The van der Waals surface area contributed by atoms with Gasteiger partial charge in [-0.3, -0.25) is 9.89 Å². The van der Waals surface area contributed by atoms with Crippen molar-refractivity contribution < 1.29 is 9.90 Å². The Hall–Kier alpha value is -2.14. The minimum atomic E-state index is -0.861. The fourth-order valence-electron chi connectivity index (χ4n) is 2.02. The molecule has 90 valence electrons. The molecule has 18 heavy (non-hydrogen) atoms. The third kappa shape index (κ3) is 1.78. The Labute approximate surface area is 107 Å². The second kappa shape index (κ2) is 4.27. The van der Waals surface area contributed by atoms with Gasteiger partial charge in [-0.2, -0.15) is 5.10 Å². The smallest absolute Gasteiger partial charge is 0.309 e. The summed E-state index contributed by atoms with van der Waals surface area (Å²) in [6.07, 6.45) is 1.65. The summed E-state index contributed by atoms with van der Waals surface area (Å²) in [5.74, 6) is -0.861. The maximum Gasteiger partial charge on any atom is 0.309 e. The van der Waals surface area contributed by atoms with Crippen molar-refractivity contribution in [2.75, 3.05) is 0 Å². The first-order valence-electron chi connectivity index (χ1n) is 5.46. The van der Waals surface area contributed by atoms with E-state index in [1.54, 1.807) is 17.5 Å². The highest BCUT2D eigenvalue weighted by atomic mass is 32.1. The molecule has 0 atom stereocenters. The highest BCUT2D eigenvalue weighted by Gasteiger charge is 2.14.